The van der Waals surface area contributed by atoms with Crippen molar-refractivity contribution in [2.75, 3.05) is 26.2 Å². The van der Waals surface area contributed by atoms with Gasteiger partial charge in [0.15, 0.2) is 0 Å². The molecule has 1 fully saturated rings. The molecule has 0 atom stereocenters. The molecule has 1 aromatic carbocycles. The third-order valence-corrected chi connectivity index (χ3v) is 4.82. The van der Waals surface area contributed by atoms with E-state index in [0.717, 1.165) is 18.2 Å². The monoisotopic (exact) mass is 350 g/mol. The van der Waals surface area contributed by atoms with E-state index in [0.29, 0.717) is 37.5 Å². The van der Waals surface area contributed by atoms with Gasteiger partial charge >= 0.3 is 0 Å². The highest BCUT2D eigenvalue weighted by molar-refractivity contribution is 7.12. The van der Waals surface area contributed by atoms with Gasteiger partial charge in [-0.1, -0.05) is 6.07 Å². The Morgan fingerprint density at radius 1 is 0.958 bits per heavy atom. The molecule has 0 bridgehead atoms. The molecule has 1 aliphatic heterocycles. The van der Waals surface area contributed by atoms with E-state index in [-0.39, 0.29) is 11.5 Å². The third-order valence-electron chi connectivity index (χ3n) is 3.96. The third kappa shape index (κ3) is 3.46. The molecule has 4 nitrogen and oxygen atoms in total. The molecule has 1 aromatic heterocycles. The fourth-order valence-electron chi connectivity index (χ4n) is 2.71. The van der Waals surface area contributed by atoms with Crippen molar-refractivity contribution < 1.29 is 18.4 Å². The van der Waals surface area contributed by atoms with Crippen molar-refractivity contribution in [3.05, 3.63) is 57.8 Å². The zero-order valence-corrected chi connectivity index (χ0v) is 13.7. The summed E-state index contributed by atoms with van der Waals surface area (Å²) in [5.74, 6) is -1.99. The number of hydrogen-bond donors (Lipinski definition) is 0. The van der Waals surface area contributed by atoms with Crippen LogP contribution in [0.2, 0.25) is 0 Å². The first-order valence-electron chi connectivity index (χ1n) is 7.63. The zero-order chi connectivity index (χ0) is 17.1. The quantitative estimate of drug-likeness (QED) is 0.835. The van der Waals surface area contributed by atoms with Crippen molar-refractivity contribution in [1.29, 1.82) is 0 Å². The van der Waals surface area contributed by atoms with Crippen molar-refractivity contribution >= 4 is 23.2 Å². The first kappa shape index (κ1) is 16.6. The van der Waals surface area contributed by atoms with Gasteiger partial charge in [0.2, 0.25) is 0 Å². The van der Waals surface area contributed by atoms with Crippen LogP contribution in [0.3, 0.4) is 0 Å². The Labute approximate surface area is 142 Å². The highest BCUT2D eigenvalue weighted by Gasteiger charge is 2.25. The van der Waals surface area contributed by atoms with Gasteiger partial charge in [0.1, 0.15) is 11.6 Å². The standard InChI is InChI=1S/C17H16F2N2O2S/c18-12-4-5-14(19)13(11-12)16(22)20-6-2-7-21(9-8-20)17(23)15-3-1-10-24-15/h1,3-5,10-11H,2,6-9H2. The van der Waals surface area contributed by atoms with E-state index in [4.69, 9.17) is 0 Å². The predicted molar refractivity (Wildman–Crippen MR) is 87.1 cm³/mol. The lowest BCUT2D eigenvalue weighted by molar-refractivity contribution is 0.0718. The number of benzene rings is 1. The van der Waals surface area contributed by atoms with Crippen LogP contribution in [-0.4, -0.2) is 47.8 Å². The molecule has 7 heteroatoms. The fourth-order valence-corrected chi connectivity index (χ4v) is 3.40. The number of amides is 2. The molecular weight excluding hydrogens is 334 g/mol. The van der Waals surface area contributed by atoms with Gasteiger partial charge in [-0.15, -0.1) is 11.3 Å². The molecule has 24 heavy (non-hydrogen) atoms. The van der Waals surface area contributed by atoms with Gasteiger partial charge in [-0.3, -0.25) is 9.59 Å². The van der Waals surface area contributed by atoms with Gasteiger partial charge in [0, 0.05) is 26.2 Å². The summed E-state index contributed by atoms with van der Waals surface area (Å²) >= 11 is 1.38. The minimum atomic E-state index is -0.739. The number of halogens is 2. The average Bonchev–Trinajstić information content (AvgIpc) is 3.00. The minimum absolute atomic E-state index is 0.0590. The summed E-state index contributed by atoms with van der Waals surface area (Å²) in [7, 11) is 0. The number of carbonyl (C=O) groups is 2. The number of nitrogens with zero attached hydrogens (tertiary/aromatic N) is 2. The van der Waals surface area contributed by atoms with Crippen LogP contribution in [0, 0.1) is 11.6 Å². The van der Waals surface area contributed by atoms with Crippen LogP contribution in [0.5, 0.6) is 0 Å². The van der Waals surface area contributed by atoms with E-state index >= 15 is 0 Å². The smallest absolute Gasteiger partial charge is 0.263 e. The molecule has 0 aliphatic carbocycles. The van der Waals surface area contributed by atoms with Gasteiger partial charge < -0.3 is 9.80 Å². The molecule has 1 saturated heterocycles. The first-order chi connectivity index (χ1) is 11.6. The molecule has 0 N–H and O–H groups in total. The van der Waals surface area contributed by atoms with Gasteiger partial charge in [-0.25, -0.2) is 8.78 Å². The Hall–Kier alpha value is -2.28. The highest BCUT2D eigenvalue weighted by Crippen LogP contribution is 2.17. The summed E-state index contributed by atoms with van der Waals surface area (Å²) in [5.41, 5.74) is -0.270. The van der Waals surface area contributed by atoms with Gasteiger partial charge in [-0.05, 0) is 36.1 Å². The topological polar surface area (TPSA) is 40.6 Å². The summed E-state index contributed by atoms with van der Waals surface area (Å²) in [6.07, 6.45) is 0.597. The van der Waals surface area contributed by atoms with E-state index in [1.54, 1.807) is 11.0 Å². The van der Waals surface area contributed by atoms with Crippen molar-refractivity contribution in [2.45, 2.75) is 6.42 Å². The Balaban J connectivity index is 1.70. The number of thiophene rings is 1. The normalized spacial score (nSPS) is 15.2. The molecule has 0 saturated carbocycles. The molecule has 2 heterocycles. The molecule has 2 aromatic rings. The summed E-state index contributed by atoms with van der Waals surface area (Å²) in [4.78, 5) is 28.7. The number of carbonyl (C=O) groups excluding carboxylic acids is 2. The molecular formula is C17H16F2N2O2S. The van der Waals surface area contributed by atoms with E-state index < -0.39 is 17.5 Å². The summed E-state index contributed by atoms with van der Waals surface area (Å²) < 4.78 is 27.1. The van der Waals surface area contributed by atoms with Gasteiger partial charge in [-0.2, -0.15) is 0 Å². The van der Waals surface area contributed by atoms with Crippen LogP contribution in [0.4, 0.5) is 8.78 Å². The van der Waals surface area contributed by atoms with Crippen molar-refractivity contribution in [3.63, 3.8) is 0 Å². The maximum absolute atomic E-state index is 13.8. The van der Waals surface area contributed by atoms with Gasteiger partial charge in [0.05, 0.1) is 10.4 Å². The molecule has 3 rings (SSSR count). The van der Waals surface area contributed by atoms with Crippen LogP contribution in [0.25, 0.3) is 0 Å². The van der Waals surface area contributed by atoms with E-state index in [1.807, 2.05) is 11.4 Å². The molecule has 2 amide bonds. The van der Waals surface area contributed by atoms with E-state index in [9.17, 15) is 18.4 Å². The SMILES string of the molecule is O=C(c1cccs1)N1CCCN(C(=O)c2cc(F)ccc2F)CC1. The Bertz CT molecular complexity index is 749. The van der Waals surface area contributed by atoms with Crippen LogP contribution in [0.1, 0.15) is 26.5 Å². The second kappa shape index (κ2) is 7.09. The zero-order valence-electron chi connectivity index (χ0n) is 12.9. The van der Waals surface area contributed by atoms with Crippen molar-refractivity contribution in [1.82, 2.24) is 9.80 Å². The fraction of sp³-hybridized carbons (Fsp3) is 0.294. The van der Waals surface area contributed by atoms with Gasteiger partial charge in [0.25, 0.3) is 11.8 Å². The van der Waals surface area contributed by atoms with Crippen LogP contribution >= 0.6 is 11.3 Å². The molecule has 1 aliphatic rings. The van der Waals surface area contributed by atoms with E-state index in [1.165, 1.54) is 16.2 Å². The number of rotatable bonds is 2. The largest absolute Gasteiger partial charge is 0.337 e. The lowest BCUT2D eigenvalue weighted by atomic mass is 10.1. The summed E-state index contributed by atoms with van der Waals surface area (Å²) in [6.45, 7) is 1.61. The lowest BCUT2D eigenvalue weighted by Gasteiger charge is -2.22. The second-order valence-electron chi connectivity index (χ2n) is 5.54. The van der Waals surface area contributed by atoms with Crippen LogP contribution in [-0.2, 0) is 0 Å². The second-order valence-corrected chi connectivity index (χ2v) is 6.49. The molecule has 126 valence electrons. The maximum Gasteiger partial charge on any atom is 0.263 e. The van der Waals surface area contributed by atoms with Crippen molar-refractivity contribution in [2.24, 2.45) is 0 Å². The number of hydrogen-bond acceptors (Lipinski definition) is 3. The Kier molecular flexibility index (Phi) is 4.89. The van der Waals surface area contributed by atoms with E-state index in [2.05, 4.69) is 0 Å². The maximum atomic E-state index is 13.8. The molecule has 0 unspecified atom stereocenters. The molecule has 0 spiro atoms. The van der Waals surface area contributed by atoms with Crippen LogP contribution in [0.15, 0.2) is 35.7 Å². The summed E-state index contributed by atoms with van der Waals surface area (Å²) in [6, 6.07) is 6.43. The Morgan fingerprint density at radius 2 is 1.67 bits per heavy atom. The van der Waals surface area contributed by atoms with Crippen molar-refractivity contribution in [3.8, 4) is 0 Å². The average molecular weight is 350 g/mol. The highest BCUT2D eigenvalue weighted by atomic mass is 32.1. The minimum Gasteiger partial charge on any atom is -0.337 e. The lowest BCUT2D eigenvalue weighted by Crippen LogP contribution is -2.37. The Morgan fingerprint density at radius 3 is 2.33 bits per heavy atom. The molecule has 0 radical (unpaired) electrons. The van der Waals surface area contributed by atoms with Crippen LogP contribution < -0.4 is 0 Å². The first-order valence-corrected chi connectivity index (χ1v) is 8.51. The predicted octanol–water partition coefficient (Wildman–Crippen LogP) is 3.01. The summed E-state index contributed by atoms with van der Waals surface area (Å²) in [5, 5.41) is 1.84.